The summed E-state index contributed by atoms with van der Waals surface area (Å²) in [5.74, 6) is 1.27. The normalized spacial score (nSPS) is 19.8. The molecular formula is C17H15ClN4OS. The van der Waals surface area contributed by atoms with Gasteiger partial charge in [-0.2, -0.15) is 19.6 Å². The average molecular weight is 359 g/mol. The van der Waals surface area contributed by atoms with Gasteiger partial charge in [-0.1, -0.05) is 41.9 Å². The maximum Gasteiger partial charge on any atom is 0.254 e. The summed E-state index contributed by atoms with van der Waals surface area (Å²) in [4.78, 5) is 8.54. The molecule has 4 rings (SSSR count). The molecule has 0 N–H and O–H groups in total. The number of nitrogens with zero attached hydrogens (tertiary/aromatic N) is 4. The van der Waals surface area contributed by atoms with Gasteiger partial charge in [0, 0.05) is 12.2 Å². The van der Waals surface area contributed by atoms with E-state index in [1.54, 1.807) is 22.5 Å². The van der Waals surface area contributed by atoms with Crippen LogP contribution in [0.15, 0.2) is 54.0 Å². The highest BCUT2D eigenvalue weighted by Crippen LogP contribution is 2.39. The average Bonchev–Trinajstić information content (AvgIpc) is 3.22. The maximum absolute atomic E-state index is 6.48. The van der Waals surface area contributed by atoms with Crippen molar-refractivity contribution in [2.45, 2.75) is 24.0 Å². The molecule has 0 saturated carbocycles. The van der Waals surface area contributed by atoms with E-state index in [9.17, 15) is 0 Å². The molecule has 1 unspecified atom stereocenters. The van der Waals surface area contributed by atoms with Crippen molar-refractivity contribution in [2.24, 2.45) is 0 Å². The van der Waals surface area contributed by atoms with Crippen LogP contribution in [-0.2, 0) is 4.74 Å². The van der Waals surface area contributed by atoms with Crippen LogP contribution in [-0.4, -0.2) is 30.9 Å². The molecule has 5 nitrogen and oxygen atoms in total. The SMILES string of the molecule is CC1(CSc2c(-c3ccccc3)c(Cl)nc3ncnn23)CC=CO1. The first kappa shape index (κ1) is 15.5. The van der Waals surface area contributed by atoms with Gasteiger partial charge in [-0.05, 0) is 18.6 Å². The highest BCUT2D eigenvalue weighted by atomic mass is 35.5. The first-order chi connectivity index (χ1) is 11.7. The number of thioether (sulfide) groups is 1. The topological polar surface area (TPSA) is 52.3 Å². The Labute approximate surface area is 148 Å². The van der Waals surface area contributed by atoms with E-state index < -0.39 is 0 Å². The summed E-state index contributed by atoms with van der Waals surface area (Å²) in [5, 5.41) is 5.67. The third kappa shape index (κ3) is 2.76. The smallest absolute Gasteiger partial charge is 0.254 e. The summed E-state index contributed by atoms with van der Waals surface area (Å²) in [6, 6.07) is 9.98. The summed E-state index contributed by atoms with van der Waals surface area (Å²) in [7, 11) is 0. The molecule has 0 aliphatic carbocycles. The Hall–Kier alpha value is -2.05. The Balaban J connectivity index is 1.80. The second-order valence-electron chi connectivity index (χ2n) is 5.85. The van der Waals surface area contributed by atoms with E-state index in [0.717, 1.165) is 28.3 Å². The standard InChI is InChI=1S/C17H15ClN4OS/c1-17(8-5-9-23-17)10-24-15-13(12-6-3-2-4-7-12)14(18)21-16-19-11-20-22(15)16/h2-7,9,11H,8,10H2,1H3. The minimum Gasteiger partial charge on any atom is -0.494 e. The third-order valence-electron chi connectivity index (χ3n) is 3.92. The van der Waals surface area contributed by atoms with Crippen LogP contribution >= 0.6 is 23.4 Å². The lowest BCUT2D eigenvalue weighted by molar-refractivity contribution is 0.0877. The summed E-state index contributed by atoms with van der Waals surface area (Å²) < 4.78 is 7.48. The van der Waals surface area contributed by atoms with Crippen LogP contribution in [0.3, 0.4) is 0 Å². The Bertz CT molecular complexity index is 902. The van der Waals surface area contributed by atoms with Gasteiger partial charge < -0.3 is 4.74 Å². The van der Waals surface area contributed by atoms with Crippen molar-refractivity contribution in [2.75, 3.05) is 5.75 Å². The van der Waals surface area contributed by atoms with Gasteiger partial charge >= 0.3 is 0 Å². The zero-order chi connectivity index (χ0) is 16.6. The molecule has 2 aromatic heterocycles. The van der Waals surface area contributed by atoms with Crippen LogP contribution in [0.1, 0.15) is 13.3 Å². The first-order valence-electron chi connectivity index (χ1n) is 7.57. The number of aromatic nitrogens is 4. The van der Waals surface area contributed by atoms with Gasteiger partial charge in [-0.15, -0.1) is 11.8 Å². The second kappa shape index (κ2) is 6.11. The van der Waals surface area contributed by atoms with E-state index in [1.165, 1.54) is 6.33 Å². The third-order valence-corrected chi connectivity index (χ3v) is 5.59. The molecule has 0 saturated heterocycles. The molecule has 0 fully saturated rings. The van der Waals surface area contributed by atoms with Crippen molar-refractivity contribution < 1.29 is 4.74 Å². The van der Waals surface area contributed by atoms with Gasteiger partial charge in [-0.3, -0.25) is 0 Å². The predicted octanol–water partition coefficient (Wildman–Crippen LogP) is 4.23. The van der Waals surface area contributed by atoms with Crippen molar-refractivity contribution in [3.05, 3.63) is 54.2 Å². The minimum absolute atomic E-state index is 0.221. The molecule has 1 aromatic carbocycles. The Morgan fingerprint density at radius 3 is 2.92 bits per heavy atom. The fourth-order valence-electron chi connectivity index (χ4n) is 2.65. The molecule has 0 amide bonds. The fraction of sp³-hybridized carbons (Fsp3) is 0.235. The molecule has 3 aromatic rings. The van der Waals surface area contributed by atoms with Gasteiger partial charge in [0.2, 0.25) is 0 Å². The number of hydrogen-bond donors (Lipinski definition) is 0. The summed E-state index contributed by atoms with van der Waals surface area (Å²) in [5.41, 5.74) is 1.65. The largest absolute Gasteiger partial charge is 0.494 e. The number of rotatable bonds is 4. The zero-order valence-electron chi connectivity index (χ0n) is 13.0. The molecule has 1 aliphatic rings. The van der Waals surface area contributed by atoms with Gasteiger partial charge in [0.25, 0.3) is 5.78 Å². The molecule has 1 atom stereocenters. The molecule has 0 radical (unpaired) electrons. The van der Waals surface area contributed by atoms with Crippen LogP contribution in [0.2, 0.25) is 5.15 Å². The van der Waals surface area contributed by atoms with E-state index in [4.69, 9.17) is 16.3 Å². The fourth-order valence-corrected chi connectivity index (χ4v) is 4.21. The Morgan fingerprint density at radius 1 is 1.33 bits per heavy atom. The summed E-state index contributed by atoms with van der Waals surface area (Å²) >= 11 is 8.14. The molecule has 0 bridgehead atoms. The van der Waals surface area contributed by atoms with E-state index >= 15 is 0 Å². The monoisotopic (exact) mass is 358 g/mol. The van der Waals surface area contributed by atoms with Gasteiger partial charge in [0.1, 0.15) is 22.1 Å². The van der Waals surface area contributed by atoms with Gasteiger partial charge in [0.05, 0.1) is 11.8 Å². The van der Waals surface area contributed by atoms with Crippen molar-refractivity contribution in [1.82, 2.24) is 19.6 Å². The van der Waals surface area contributed by atoms with E-state index in [2.05, 4.69) is 22.0 Å². The van der Waals surface area contributed by atoms with Crippen LogP contribution < -0.4 is 0 Å². The van der Waals surface area contributed by atoms with Crippen LogP contribution in [0.25, 0.3) is 16.9 Å². The number of halogens is 1. The molecular weight excluding hydrogens is 344 g/mol. The first-order valence-corrected chi connectivity index (χ1v) is 8.93. The van der Waals surface area contributed by atoms with Crippen molar-refractivity contribution in [3.63, 3.8) is 0 Å². The number of benzene rings is 1. The highest BCUT2D eigenvalue weighted by molar-refractivity contribution is 7.99. The summed E-state index contributed by atoms with van der Waals surface area (Å²) in [6.07, 6.45) is 6.19. The van der Waals surface area contributed by atoms with E-state index in [1.807, 2.05) is 36.4 Å². The lowest BCUT2D eigenvalue weighted by Gasteiger charge is -2.23. The lowest BCUT2D eigenvalue weighted by atomic mass is 10.1. The Morgan fingerprint density at radius 2 is 2.17 bits per heavy atom. The molecule has 1 aliphatic heterocycles. The molecule has 0 spiro atoms. The van der Waals surface area contributed by atoms with E-state index in [-0.39, 0.29) is 5.60 Å². The number of fused-ring (bicyclic) bond motifs is 1. The highest BCUT2D eigenvalue weighted by Gasteiger charge is 2.29. The van der Waals surface area contributed by atoms with Crippen LogP contribution in [0, 0.1) is 0 Å². The quantitative estimate of drug-likeness (QED) is 0.516. The minimum atomic E-state index is -0.221. The number of ether oxygens (including phenoxy) is 1. The van der Waals surface area contributed by atoms with Gasteiger partial charge in [0.15, 0.2) is 0 Å². The maximum atomic E-state index is 6.48. The molecule has 24 heavy (non-hydrogen) atoms. The van der Waals surface area contributed by atoms with Crippen molar-refractivity contribution >= 4 is 29.1 Å². The second-order valence-corrected chi connectivity index (χ2v) is 7.18. The van der Waals surface area contributed by atoms with Crippen LogP contribution in [0.4, 0.5) is 0 Å². The molecule has 7 heteroatoms. The van der Waals surface area contributed by atoms with E-state index in [0.29, 0.717) is 10.9 Å². The molecule has 3 heterocycles. The Kier molecular flexibility index (Phi) is 3.94. The lowest BCUT2D eigenvalue weighted by Crippen LogP contribution is -2.26. The number of hydrogen-bond acceptors (Lipinski definition) is 5. The van der Waals surface area contributed by atoms with Crippen LogP contribution in [0.5, 0.6) is 0 Å². The molecule has 122 valence electrons. The predicted molar refractivity (Wildman–Crippen MR) is 95.2 cm³/mol. The van der Waals surface area contributed by atoms with Gasteiger partial charge in [-0.25, -0.2) is 0 Å². The zero-order valence-corrected chi connectivity index (χ0v) is 14.6. The van der Waals surface area contributed by atoms with Crippen molar-refractivity contribution in [1.29, 1.82) is 0 Å². The van der Waals surface area contributed by atoms with Crippen molar-refractivity contribution in [3.8, 4) is 11.1 Å². The summed E-state index contributed by atoms with van der Waals surface area (Å²) in [6.45, 7) is 2.10.